The molecular formula is C13H26ClN3O2. The number of primary amides is 1. The van der Waals surface area contributed by atoms with E-state index in [4.69, 9.17) is 5.73 Å². The van der Waals surface area contributed by atoms with Gasteiger partial charge in [0, 0.05) is 25.4 Å². The van der Waals surface area contributed by atoms with Crippen molar-refractivity contribution in [1.82, 2.24) is 10.6 Å². The molecule has 0 radical (unpaired) electrons. The van der Waals surface area contributed by atoms with Gasteiger partial charge in [-0.25, -0.2) is 0 Å². The molecule has 0 aromatic rings. The summed E-state index contributed by atoms with van der Waals surface area (Å²) < 4.78 is 0. The van der Waals surface area contributed by atoms with E-state index in [1.54, 1.807) is 0 Å². The van der Waals surface area contributed by atoms with E-state index < -0.39 is 0 Å². The fourth-order valence-electron chi connectivity index (χ4n) is 2.61. The highest BCUT2D eigenvalue weighted by Gasteiger charge is 2.26. The number of rotatable bonds is 7. The predicted octanol–water partition coefficient (Wildman–Crippen LogP) is 0.958. The molecule has 1 aliphatic rings. The van der Waals surface area contributed by atoms with Crippen LogP contribution in [0.25, 0.3) is 0 Å². The summed E-state index contributed by atoms with van der Waals surface area (Å²) in [6, 6.07) is -0.0767. The SMILES string of the molecule is CNCCC(=O)NC(CC(N)=O)C1CCCCC1.Cl. The lowest BCUT2D eigenvalue weighted by atomic mass is 9.82. The molecule has 0 spiro atoms. The van der Waals surface area contributed by atoms with Crippen LogP contribution in [0.15, 0.2) is 0 Å². The van der Waals surface area contributed by atoms with E-state index >= 15 is 0 Å². The number of nitrogens with one attached hydrogen (secondary N) is 2. The predicted molar refractivity (Wildman–Crippen MR) is 78.1 cm³/mol. The maximum atomic E-state index is 11.7. The number of hydrogen-bond donors (Lipinski definition) is 3. The molecule has 112 valence electrons. The molecule has 1 saturated carbocycles. The lowest BCUT2D eigenvalue weighted by Gasteiger charge is -2.30. The van der Waals surface area contributed by atoms with Gasteiger partial charge in [-0.1, -0.05) is 19.3 Å². The van der Waals surface area contributed by atoms with Crippen LogP contribution in [0.3, 0.4) is 0 Å². The van der Waals surface area contributed by atoms with Gasteiger partial charge in [0.25, 0.3) is 0 Å². The van der Waals surface area contributed by atoms with Crippen LogP contribution in [0.5, 0.6) is 0 Å². The Morgan fingerprint density at radius 1 is 1.26 bits per heavy atom. The average molecular weight is 292 g/mol. The molecule has 5 nitrogen and oxygen atoms in total. The molecule has 0 saturated heterocycles. The van der Waals surface area contributed by atoms with Gasteiger partial charge in [0.2, 0.25) is 11.8 Å². The molecule has 0 aromatic carbocycles. The average Bonchev–Trinajstić information content (AvgIpc) is 2.36. The highest BCUT2D eigenvalue weighted by molar-refractivity contribution is 5.85. The van der Waals surface area contributed by atoms with Crippen LogP contribution < -0.4 is 16.4 Å². The molecule has 0 aromatic heterocycles. The van der Waals surface area contributed by atoms with Gasteiger partial charge < -0.3 is 16.4 Å². The monoisotopic (exact) mass is 291 g/mol. The minimum absolute atomic E-state index is 0. The van der Waals surface area contributed by atoms with Crippen LogP contribution in [0.2, 0.25) is 0 Å². The quantitative estimate of drug-likeness (QED) is 0.653. The third-order valence-corrected chi connectivity index (χ3v) is 3.59. The normalized spacial score (nSPS) is 17.3. The zero-order valence-electron chi connectivity index (χ0n) is 11.6. The van der Waals surface area contributed by atoms with Crippen LogP contribution in [0.4, 0.5) is 0 Å². The maximum Gasteiger partial charge on any atom is 0.221 e. The molecule has 0 heterocycles. The van der Waals surface area contributed by atoms with Crippen molar-refractivity contribution in [3.05, 3.63) is 0 Å². The van der Waals surface area contributed by atoms with Crippen molar-refractivity contribution in [3.8, 4) is 0 Å². The molecule has 1 rings (SSSR count). The van der Waals surface area contributed by atoms with Gasteiger partial charge in [0.15, 0.2) is 0 Å². The van der Waals surface area contributed by atoms with Crippen LogP contribution in [0.1, 0.15) is 44.9 Å². The number of halogens is 1. The zero-order chi connectivity index (χ0) is 13.4. The van der Waals surface area contributed by atoms with Gasteiger partial charge in [0.1, 0.15) is 0 Å². The summed E-state index contributed by atoms with van der Waals surface area (Å²) in [7, 11) is 1.81. The Morgan fingerprint density at radius 3 is 2.42 bits per heavy atom. The van der Waals surface area contributed by atoms with Crippen molar-refractivity contribution in [1.29, 1.82) is 0 Å². The summed E-state index contributed by atoms with van der Waals surface area (Å²) in [5.74, 6) is 0.0745. The molecule has 4 N–H and O–H groups in total. The first-order valence-electron chi connectivity index (χ1n) is 6.85. The third-order valence-electron chi connectivity index (χ3n) is 3.59. The van der Waals surface area contributed by atoms with Crippen molar-refractivity contribution >= 4 is 24.2 Å². The van der Waals surface area contributed by atoms with Crippen molar-refractivity contribution in [2.24, 2.45) is 11.7 Å². The van der Waals surface area contributed by atoms with Crippen LogP contribution >= 0.6 is 12.4 Å². The smallest absolute Gasteiger partial charge is 0.221 e. The number of hydrogen-bond acceptors (Lipinski definition) is 3. The highest BCUT2D eigenvalue weighted by Crippen LogP contribution is 2.27. The van der Waals surface area contributed by atoms with Crippen LogP contribution in [-0.4, -0.2) is 31.4 Å². The lowest BCUT2D eigenvalue weighted by molar-refractivity contribution is -0.123. The summed E-state index contributed by atoms with van der Waals surface area (Å²) in [4.78, 5) is 22.8. The summed E-state index contributed by atoms with van der Waals surface area (Å²) in [5.41, 5.74) is 5.27. The van der Waals surface area contributed by atoms with Gasteiger partial charge in [0.05, 0.1) is 0 Å². The second-order valence-corrected chi connectivity index (χ2v) is 5.10. The summed E-state index contributed by atoms with van der Waals surface area (Å²) in [6.07, 6.45) is 6.51. The second kappa shape index (κ2) is 10.0. The Labute approximate surface area is 121 Å². The number of nitrogens with two attached hydrogens (primary N) is 1. The van der Waals surface area contributed by atoms with E-state index in [0.29, 0.717) is 18.9 Å². The van der Waals surface area contributed by atoms with E-state index in [0.717, 1.165) is 12.8 Å². The summed E-state index contributed by atoms with van der Waals surface area (Å²) >= 11 is 0. The number of carbonyl (C=O) groups is 2. The topological polar surface area (TPSA) is 84.2 Å². The minimum Gasteiger partial charge on any atom is -0.370 e. The van der Waals surface area contributed by atoms with Gasteiger partial charge in [-0.05, 0) is 25.8 Å². The lowest BCUT2D eigenvalue weighted by Crippen LogP contribution is -2.44. The van der Waals surface area contributed by atoms with E-state index in [9.17, 15) is 9.59 Å². The molecule has 1 aliphatic carbocycles. The number of carbonyl (C=O) groups excluding carboxylic acids is 2. The Balaban J connectivity index is 0.00000324. The molecular weight excluding hydrogens is 266 g/mol. The molecule has 0 aliphatic heterocycles. The molecule has 6 heteroatoms. The Bertz CT molecular complexity index is 281. The van der Waals surface area contributed by atoms with Gasteiger partial charge in [-0.15, -0.1) is 12.4 Å². The van der Waals surface area contributed by atoms with E-state index in [2.05, 4.69) is 10.6 Å². The molecule has 1 fully saturated rings. The number of amides is 2. The van der Waals surface area contributed by atoms with E-state index in [1.165, 1.54) is 19.3 Å². The Morgan fingerprint density at radius 2 is 1.89 bits per heavy atom. The van der Waals surface area contributed by atoms with Crippen molar-refractivity contribution in [3.63, 3.8) is 0 Å². The first-order chi connectivity index (χ1) is 8.63. The van der Waals surface area contributed by atoms with Crippen molar-refractivity contribution < 1.29 is 9.59 Å². The van der Waals surface area contributed by atoms with Crippen LogP contribution in [-0.2, 0) is 9.59 Å². The summed E-state index contributed by atoms with van der Waals surface area (Å²) in [6.45, 7) is 0.653. The standard InChI is InChI=1S/C13H25N3O2.ClH/c1-15-8-7-13(18)16-11(9-12(14)17)10-5-3-2-4-6-10;/h10-11,15H,2-9H2,1H3,(H2,14,17)(H,16,18);1H. The summed E-state index contributed by atoms with van der Waals surface area (Å²) in [5, 5.41) is 5.91. The minimum atomic E-state index is -0.334. The van der Waals surface area contributed by atoms with E-state index in [-0.39, 0.29) is 36.7 Å². The molecule has 2 amide bonds. The Hall–Kier alpha value is -0.810. The highest BCUT2D eigenvalue weighted by atomic mass is 35.5. The van der Waals surface area contributed by atoms with Gasteiger partial charge >= 0.3 is 0 Å². The first kappa shape index (κ1) is 18.2. The fraction of sp³-hybridized carbons (Fsp3) is 0.846. The van der Waals surface area contributed by atoms with Gasteiger partial charge in [-0.2, -0.15) is 0 Å². The third kappa shape index (κ3) is 7.38. The molecule has 1 unspecified atom stereocenters. The maximum absolute atomic E-state index is 11.7. The van der Waals surface area contributed by atoms with E-state index in [1.807, 2.05) is 7.05 Å². The zero-order valence-corrected chi connectivity index (χ0v) is 12.4. The van der Waals surface area contributed by atoms with Crippen LogP contribution in [0, 0.1) is 5.92 Å². The van der Waals surface area contributed by atoms with Gasteiger partial charge in [-0.3, -0.25) is 9.59 Å². The Kier molecular flexibility index (Phi) is 9.61. The fourth-order valence-corrected chi connectivity index (χ4v) is 2.61. The van der Waals surface area contributed by atoms with Crippen molar-refractivity contribution in [2.75, 3.05) is 13.6 Å². The van der Waals surface area contributed by atoms with Crippen molar-refractivity contribution in [2.45, 2.75) is 51.0 Å². The first-order valence-corrected chi connectivity index (χ1v) is 6.85. The molecule has 19 heavy (non-hydrogen) atoms. The molecule has 1 atom stereocenters. The molecule has 0 bridgehead atoms. The second-order valence-electron chi connectivity index (χ2n) is 5.10. The largest absolute Gasteiger partial charge is 0.370 e.